The van der Waals surface area contributed by atoms with E-state index in [-0.39, 0.29) is 17.5 Å². The molecule has 73 heavy (non-hydrogen) atoms. The third kappa shape index (κ3) is 5.74. The van der Waals surface area contributed by atoms with Gasteiger partial charge in [-0.25, -0.2) is 0 Å². The summed E-state index contributed by atoms with van der Waals surface area (Å²) < 4.78 is 5.06. The summed E-state index contributed by atoms with van der Waals surface area (Å²) in [7, 11) is 4.63. The van der Waals surface area contributed by atoms with Crippen molar-refractivity contribution in [3.63, 3.8) is 0 Å². The molecule has 13 aromatic rings. The SMILES string of the molecule is Cn1c2c(c3cc(C(C)(C)C)ccc31)N(c1ccc3c4ccccc4c4ccccc4c3c1)c1cccc3c1B2c1c(c2cc(C(C)(C)C)ccc2n1C)N3c1ccc2c3ccccc3c3ccccc3c2c1. The number of rotatable bonds is 2. The molecule has 4 heterocycles. The van der Waals surface area contributed by atoms with Crippen molar-refractivity contribution in [1.29, 1.82) is 0 Å². The smallest absolute Gasteiger partial charge is 0.292 e. The van der Waals surface area contributed by atoms with Gasteiger partial charge in [0.25, 0.3) is 6.71 Å². The minimum absolute atomic E-state index is 0.0407. The number of fused-ring (bicyclic) bond motifs is 20. The Balaban J connectivity index is 1.08. The van der Waals surface area contributed by atoms with Gasteiger partial charge >= 0.3 is 0 Å². The van der Waals surface area contributed by atoms with Crippen molar-refractivity contribution in [3.05, 3.63) is 199 Å². The molecular weight excluding hydrogens is 884 g/mol. The first-order chi connectivity index (χ1) is 35.3. The standard InChI is InChI=1S/C68H55BN4/c1-67(2,3)40-28-34-58-56(36-40)63-65(70(58)7)69-62-60(72(63)42-30-32-52-48-22-11-9-18-44(48)46-20-13-15-24-50(46)54(52)38-42)26-17-27-61(62)73(64-57-37-41(68(4,5)6)29-35-59(57)71(8)66(64)69)43-31-33-53-49-23-12-10-19-45(49)47-21-14-16-25-51(47)55(53)39-43/h9-39H,1-8H3. The van der Waals surface area contributed by atoms with Gasteiger partial charge in [0.1, 0.15) is 0 Å². The van der Waals surface area contributed by atoms with Gasteiger partial charge in [-0.1, -0.05) is 169 Å². The maximum Gasteiger partial charge on any atom is 0.292 e. The molecule has 0 saturated carbocycles. The van der Waals surface area contributed by atoms with Crippen LogP contribution in [0.25, 0.3) is 86.4 Å². The second-order valence-corrected chi connectivity index (χ2v) is 23.0. The highest BCUT2D eigenvalue weighted by atomic mass is 15.2. The van der Waals surface area contributed by atoms with E-state index in [1.807, 2.05) is 0 Å². The summed E-state index contributed by atoms with van der Waals surface area (Å²) in [5.74, 6) is 0. The van der Waals surface area contributed by atoms with E-state index in [9.17, 15) is 0 Å². The van der Waals surface area contributed by atoms with E-state index in [0.717, 1.165) is 11.4 Å². The second kappa shape index (κ2) is 14.7. The number of nitrogens with zero attached hydrogens (tertiary/aromatic N) is 4. The summed E-state index contributed by atoms with van der Waals surface area (Å²) in [5.41, 5.74) is 16.2. The van der Waals surface area contributed by atoms with Crippen LogP contribution in [0.5, 0.6) is 0 Å². The van der Waals surface area contributed by atoms with Crippen LogP contribution in [0.3, 0.4) is 0 Å². The lowest BCUT2D eigenvalue weighted by Crippen LogP contribution is -2.64. The normalized spacial score (nSPS) is 13.7. The van der Waals surface area contributed by atoms with Crippen LogP contribution in [0, 0.1) is 0 Å². The largest absolute Gasteiger partial charge is 0.353 e. The Morgan fingerprint density at radius 2 is 0.644 bits per heavy atom. The third-order valence-corrected chi connectivity index (χ3v) is 17.0. The van der Waals surface area contributed by atoms with Crippen LogP contribution in [0.1, 0.15) is 52.7 Å². The van der Waals surface area contributed by atoms with Crippen LogP contribution >= 0.6 is 0 Å². The van der Waals surface area contributed by atoms with E-state index >= 15 is 0 Å². The average molecular weight is 939 g/mol. The first-order valence-electron chi connectivity index (χ1n) is 26.0. The van der Waals surface area contributed by atoms with Gasteiger partial charge in [0.15, 0.2) is 0 Å². The van der Waals surface area contributed by atoms with Crippen molar-refractivity contribution in [3.8, 4) is 0 Å². The van der Waals surface area contributed by atoms with Gasteiger partial charge in [-0.15, -0.1) is 0 Å². The number of hydrogen-bond acceptors (Lipinski definition) is 2. The second-order valence-electron chi connectivity index (χ2n) is 23.0. The third-order valence-electron chi connectivity index (χ3n) is 17.0. The highest BCUT2D eigenvalue weighted by molar-refractivity contribution is 7.00. The number of hydrogen-bond donors (Lipinski definition) is 0. The zero-order valence-electron chi connectivity index (χ0n) is 42.8. The molecule has 0 radical (unpaired) electrons. The summed E-state index contributed by atoms with van der Waals surface area (Å²) in [6.45, 7) is 13.9. The summed E-state index contributed by atoms with van der Waals surface area (Å²) in [5, 5.41) is 17.9. The van der Waals surface area contributed by atoms with Crippen molar-refractivity contribution in [1.82, 2.24) is 9.13 Å². The van der Waals surface area contributed by atoms with Crippen LogP contribution in [0.2, 0.25) is 0 Å². The van der Waals surface area contributed by atoms with Crippen LogP contribution < -0.4 is 26.4 Å². The predicted octanol–water partition coefficient (Wildman–Crippen LogP) is 16.3. The highest BCUT2D eigenvalue weighted by Crippen LogP contribution is 2.51. The van der Waals surface area contributed by atoms with Crippen LogP contribution in [-0.2, 0) is 24.9 Å². The monoisotopic (exact) mass is 938 g/mol. The quantitative estimate of drug-likeness (QED) is 0.127. The average Bonchev–Trinajstić information content (AvgIpc) is 3.87. The zero-order valence-corrected chi connectivity index (χ0v) is 42.8. The maximum absolute atomic E-state index is 2.63. The first kappa shape index (κ1) is 42.4. The summed E-state index contributed by atoms with van der Waals surface area (Å²) >= 11 is 0. The van der Waals surface area contributed by atoms with Crippen molar-refractivity contribution < 1.29 is 0 Å². The molecule has 0 bridgehead atoms. The van der Waals surface area contributed by atoms with Gasteiger partial charge in [0, 0.05) is 69.8 Å². The molecule has 15 rings (SSSR count). The Kier molecular flexibility index (Phi) is 8.52. The molecule has 0 unspecified atom stereocenters. The minimum atomic E-state index is -0.0786. The molecule has 2 aliphatic heterocycles. The molecule has 0 amide bonds. The summed E-state index contributed by atoms with van der Waals surface area (Å²) in [4.78, 5) is 5.26. The van der Waals surface area contributed by atoms with Gasteiger partial charge in [-0.2, -0.15) is 0 Å². The molecule has 0 atom stereocenters. The fourth-order valence-electron chi connectivity index (χ4n) is 13.4. The maximum atomic E-state index is 2.63. The fourth-order valence-corrected chi connectivity index (χ4v) is 13.4. The van der Waals surface area contributed by atoms with Crippen molar-refractivity contribution in [2.75, 3.05) is 9.80 Å². The molecule has 5 heteroatoms. The van der Waals surface area contributed by atoms with Gasteiger partial charge in [-0.3, -0.25) is 0 Å². The summed E-state index contributed by atoms with van der Waals surface area (Å²) in [6, 6.07) is 71.8. The minimum Gasteiger partial charge on any atom is -0.353 e. The van der Waals surface area contributed by atoms with Gasteiger partial charge in [0.05, 0.1) is 11.4 Å². The fraction of sp³-hybridized carbons (Fsp3) is 0.147. The highest BCUT2D eigenvalue weighted by Gasteiger charge is 2.48. The van der Waals surface area contributed by atoms with E-state index in [2.05, 4.69) is 263 Å². The molecule has 2 aliphatic rings. The molecule has 0 spiro atoms. The van der Waals surface area contributed by atoms with E-state index in [1.54, 1.807) is 0 Å². The van der Waals surface area contributed by atoms with E-state index in [4.69, 9.17) is 0 Å². The zero-order chi connectivity index (χ0) is 49.4. The molecule has 0 fully saturated rings. The van der Waals surface area contributed by atoms with Crippen LogP contribution in [-0.4, -0.2) is 15.8 Å². The van der Waals surface area contributed by atoms with Gasteiger partial charge in [0.2, 0.25) is 0 Å². The Hall–Kier alpha value is -8.28. The van der Waals surface area contributed by atoms with E-state index in [1.165, 1.54) is 137 Å². The molecule has 4 nitrogen and oxygen atoms in total. The number of benzene rings is 11. The van der Waals surface area contributed by atoms with Gasteiger partial charge < -0.3 is 18.9 Å². The Morgan fingerprint density at radius 1 is 0.315 bits per heavy atom. The summed E-state index contributed by atoms with van der Waals surface area (Å²) in [6.07, 6.45) is 0. The molecular formula is C68H55BN4. The molecule has 0 N–H and O–H groups in total. The van der Waals surface area contributed by atoms with Crippen LogP contribution in [0.4, 0.5) is 34.1 Å². The number of aromatic nitrogens is 2. The molecule has 2 aromatic heterocycles. The van der Waals surface area contributed by atoms with Crippen molar-refractivity contribution in [2.24, 2.45) is 14.1 Å². The first-order valence-corrected chi connectivity index (χ1v) is 26.0. The predicted molar refractivity (Wildman–Crippen MR) is 316 cm³/mol. The van der Waals surface area contributed by atoms with E-state index < -0.39 is 0 Å². The Morgan fingerprint density at radius 3 is 0.986 bits per heavy atom. The molecule has 11 aromatic carbocycles. The molecule has 0 saturated heterocycles. The number of aryl methyl sites for hydroxylation is 2. The van der Waals surface area contributed by atoms with E-state index in [0.29, 0.717) is 0 Å². The Bertz CT molecular complexity index is 4220. The molecule has 350 valence electrons. The lowest BCUT2D eigenvalue weighted by atomic mass is 9.36. The number of anilines is 6. The Labute approximate surface area is 426 Å². The van der Waals surface area contributed by atoms with Crippen LogP contribution in [0.15, 0.2) is 188 Å². The van der Waals surface area contributed by atoms with Crippen molar-refractivity contribution in [2.45, 2.75) is 52.4 Å². The lowest BCUT2D eigenvalue weighted by molar-refractivity contribution is 0.591. The lowest BCUT2D eigenvalue weighted by Gasteiger charge is -2.43. The van der Waals surface area contributed by atoms with Crippen molar-refractivity contribution >= 4 is 144 Å². The topological polar surface area (TPSA) is 16.3 Å². The molecule has 0 aliphatic carbocycles. The van der Waals surface area contributed by atoms with Gasteiger partial charge in [-0.05, 0) is 153 Å².